The van der Waals surface area contributed by atoms with Crippen LogP contribution in [-0.2, 0) is 4.79 Å². The Labute approximate surface area is 92.0 Å². The van der Waals surface area contributed by atoms with Crippen molar-refractivity contribution in [2.45, 2.75) is 13.3 Å². The first kappa shape index (κ1) is 10.6. The van der Waals surface area contributed by atoms with Crippen molar-refractivity contribution in [2.24, 2.45) is 0 Å². The van der Waals surface area contributed by atoms with E-state index in [1.807, 2.05) is 0 Å². The summed E-state index contributed by atoms with van der Waals surface area (Å²) in [5.41, 5.74) is 0.991. The van der Waals surface area contributed by atoms with Crippen LogP contribution in [-0.4, -0.2) is 18.5 Å². The monoisotopic (exact) mass is 222 g/mol. The molecular weight excluding hydrogens is 211 g/mol. The molecule has 84 valence electrons. The number of rotatable bonds is 1. The fraction of sp³-hybridized carbons (Fsp3) is 0.273. The van der Waals surface area contributed by atoms with Gasteiger partial charge in [-0.1, -0.05) is 6.07 Å². The van der Waals surface area contributed by atoms with Gasteiger partial charge in [0.2, 0.25) is 5.91 Å². The molecule has 2 rings (SSSR count). The molecule has 1 N–H and O–H groups in total. The third-order valence-electron chi connectivity index (χ3n) is 2.45. The topological polar surface area (TPSA) is 49.4 Å². The van der Waals surface area contributed by atoms with Gasteiger partial charge < -0.3 is 0 Å². The number of halogens is 1. The Morgan fingerprint density at radius 2 is 2.12 bits per heavy atom. The standard InChI is InChI=1S/C11H11FN2O2/c1-7-2-3-9(8(12)6-7)14-5-4-10(15)13-11(14)16/h2-3,6H,4-5H2,1H3,(H,13,15,16). The molecule has 0 radical (unpaired) electrons. The van der Waals surface area contributed by atoms with Crippen LogP contribution in [0.15, 0.2) is 18.2 Å². The third kappa shape index (κ3) is 1.88. The Morgan fingerprint density at radius 1 is 1.38 bits per heavy atom. The molecule has 3 amide bonds. The highest BCUT2D eigenvalue weighted by molar-refractivity contribution is 6.05. The number of imide groups is 1. The summed E-state index contributed by atoms with van der Waals surface area (Å²) in [6.45, 7) is 1.98. The normalized spacial score (nSPS) is 16.2. The number of aryl methyl sites for hydroxylation is 1. The SMILES string of the molecule is Cc1ccc(N2CCC(=O)NC2=O)c(F)c1. The van der Waals surface area contributed by atoms with Crippen LogP contribution in [0.2, 0.25) is 0 Å². The molecule has 0 bridgehead atoms. The van der Waals surface area contributed by atoms with E-state index >= 15 is 0 Å². The highest BCUT2D eigenvalue weighted by Crippen LogP contribution is 2.21. The van der Waals surface area contributed by atoms with Gasteiger partial charge in [-0.05, 0) is 24.6 Å². The summed E-state index contributed by atoms with van der Waals surface area (Å²) >= 11 is 0. The van der Waals surface area contributed by atoms with Crippen LogP contribution in [0.5, 0.6) is 0 Å². The number of benzene rings is 1. The molecule has 1 aliphatic heterocycles. The van der Waals surface area contributed by atoms with Crippen LogP contribution in [0.1, 0.15) is 12.0 Å². The van der Waals surface area contributed by atoms with Gasteiger partial charge in [0.15, 0.2) is 0 Å². The molecule has 0 atom stereocenters. The summed E-state index contributed by atoms with van der Waals surface area (Å²) in [7, 11) is 0. The smallest absolute Gasteiger partial charge is 0.291 e. The molecule has 5 heteroatoms. The molecule has 0 aliphatic carbocycles. The van der Waals surface area contributed by atoms with Crippen LogP contribution in [0.25, 0.3) is 0 Å². The molecule has 1 saturated heterocycles. The number of hydrogen-bond donors (Lipinski definition) is 1. The van der Waals surface area contributed by atoms with Gasteiger partial charge in [0.1, 0.15) is 5.82 Å². The van der Waals surface area contributed by atoms with Crippen LogP contribution < -0.4 is 10.2 Å². The molecule has 0 spiro atoms. The van der Waals surface area contributed by atoms with Crippen LogP contribution in [0.3, 0.4) is 0 Å². The lowest BCUT2D eigenvalue weighted by molar-refractivity contribution is -0.120. The van der Waals surface area contributed by atoms with Gasteiger partial charge in [0.05, 0.1) is 5.69 Å². The minimum absolute atomic E-state index is 0.194. The molecule has 16 heavy (non-hydrogen) atoms. The van der Waals surface area contributed by atoms with E-state index in [1.54, 1.807) is 19.1 Å². The zero-order valence-electron chi connectivity index (χ0n) is 8.79. The quantitative estimate of drug-likeness (QED) is 0.784. The highest BCUT2D eigenvalue weighted by atomic mass is 19.1. The van der Waals surface area contributed by atoms with E-state index < -0.39 is 11.8 Å². The molecule has 4 nitrogen and oxygen atoms in total. The van der Waals surface area contributed by atoms with Gasteiger partial charge in [-0.15, -0.1) is 0 Å². The van der Waals surface area contributed by atoms with Crippen molar-refractivity contribution in [2.75, 3.05) is 11.4 Å². The van der Waals surface area contributed by atoms with E-state index in [2.05, 4.69) is 5.32 Å². The molecule has 0 unspecified atom stereocenters. The maximum atomic E-state index is 13.6. The second-order valence-corrected chi connectivity index (χ2v) is 3.71. The largest absolute Gasteiger partial charge is 0.328 e. The van der Waals surface area contributed by atoms with E-state index in [9.17, 15) is 14.0 Å². The molecular formula is C11H11FN2O2. The molecule has 0 saturated carbocycles. The van der Waals surface area contributed by atoms with Crippen molar-refractivity contribution >= 4 is 17.6 Å². The Bertz CT molecular complexity index is 459. The Hall–Kier alpha value is -1.91. The van der Waals surface area contributed by atoms with E-state index in [0.29, 0.717) is 0 Å². The van der Waals surface area contributed by atoms with Crippen molar-refractivity contribution in [3.8, 4) is 0 Å². The number of nitrogens with one attached hydrogen (secondary N) is 1. The Kier molecular flexibility index (Phi) is 2.60. The molecule has 1 aliphatic rings. The summed E-state index contributed by atoms with van der Waals surface area (Å²) in [6.07, 6.45) is 0.194. The minimum atomic E-state index is -0.570. The Balaban J connectivity index is 2.30. The zero-order chi connectivity index (χ0) is 11.7. The summed E-state index contributed by atoms with van der Waals surface area (Å²) in [4.78, 5) is 23.6. The highest BCUT2D eigenvalue weighted by Gasteiger charge is 2.25. The average Bonchev–Trinajstić information content (AvgIpc) is 2.19. The first-order valence-electron chi connectivity index (χ1n) is 4.95. The zero-order valence-corrected chi connectivity index (χ0v) is 8.79. The van der Waals surface area contributed by atoms with Crippen molar-refractivity contribution in [1.29, 1.82) is 0 Å². The number of anilines is 1. The van der Waals surface area contributed by atoms with Gasteiger partial charge in [0, 0.05) is 13.0 Å². The number of hydrogen-bond acceptors (Lipinski definition) is 2. The average molecular weight is 222 g/mol. The second kappa shape index (κ2) is 3.92. The number of nitrogens with zero attached hydrogens (tertiary/aromatic N) is 1. The predicted octanol–water partition coefficient (Wildman–Crippen LogP) is 1.58. The minimum Gasteiger partial charge on any atom is -0.291 e. The first-order chi connectivity index (χ1) is 7.58. The van der Waals surface area contributed by atoms with Crippen LogP contribution in [0.4, 0.5) is 14.9 Å². The third-order valence-corrected chi connectivity index (χ3v) is 2.45. The maximum absolute atomic E-state index is 13.6. The number of urea groups is 1. The van der Waals surface area contributed by atoms with E-state index in [-0.39, 0.29) is 24.6 Å². The summed E-state index contributed by atoms with van der Waals surface area (Å²) in [6, 6.07) is 4.06. The second-order valence-electron chi connectivity index (χ2n) is 3.71. The van der Waals surface area contributed by atoms with Crippen molar-refractivity contribution in [3.05, 3.63) is 29.6 Å². The Morgan fingerprint density at radius 3 is 2.75 bits per heavy atom. The molecule has 0 aromatic heterocycles. The van der Waals surface area contributed by atoms with Gasteiger partial charge in [0.25, 0.3) is 0 Å². The van der Waals surface area contributed by atoms with Gasteiger partial charge in [-0.2, -0.15) is 0 Å². The summed E-state index contributed by atoms with van der Waals surface area (Å²) in [5, 5.41) is 2.15. The van der Waals surface area contributed by atoms with E-state index in [1.165, 1.54) is 11.0 Å². The van der Waals surface area contributed by atoms with E-state index in [4.69, 9.17) is 0 Å². The van der Waals surface area contributed by atoms with E-state index in [0.717, 1.165) is 5.56 Å². The fourth-order valence-electron chi connectivity index (χ4n) is 1.62. The molecule has 1 fully saturated rings. The van der Waals surface area contributed by atoms with Crippen LogP contribution >= 0.6 is 0 Å². The maximum Gasteiger partial charge on any atom is 0.328 e. The fourth-order valence-corrected chi connectivity index (χ4v) is 1.62. The van der Waals surface area contributed by atoms with Gasteiger partial charge in [-0.25, -0.2) is 9.18 Å². The number of amides is 3. The van der Waals surface area contributed by atoms with Crippen molar-refractivity contribution in [3.63, 3.8) is 0 Å². The summed E-state index contributed by atoms with van der Waals surface area (Å²) in [5.74, 6) is -0.779. The summed E-state index contributed by atoms with van der Waals surface area (Å²) < 4.78 is 13.6. The molecule has 1 heterocycles. The predicted molar refractivity (Wildman–Crippen MR) is 56.6 cm³/mol. The van der Waals surface area contributed by atoms with Crippen LogP contribution in [0, 0.1) is 12.7 Å². The van der Waals surface area contributed by atoms with Gasteiger partial charge in [-0.3, -0.25) is 15.0 Å². The van der Waals surface area contributed by atoms with Gasteiger partial charge >= 0.3 is 6.03 Å². The number of carbonyl (C=O) groups excluding carboxylic acids is 2. The van der Waals surface area contributed by atoms with Crippen molar-refractivity contribution in [1.82, 2.24) is 5.32 Å². The molecule has 1 aromatic carbocycles. The lowest BCUT2D eigenvalue weighted by Gasteiger charge is -2.26. The molecule has 1 aromatic rings. The van der Waals surface area contributed by atoms with Crippen molar-refractivity contribution < 1.29 is 14.0 Å². The lowest BCUT2D eigenvalue weighted by atomic mass is 10.2. The first-order valence-corrected chi connectivity index (χ1v) is 4.95. The number of carbonyl (C=O) groups is 2. The lowest BCUT2D eigenvalue weighted by Crippen LogP contribution is -2.49.